The van der Waals surface area contributed by atoms with Crippen LogP contribution in [0.15, 0.2) is 36.4 Å². The molecular formula is C17H15F3N2O3S. The molecule has 1 N–H and O–H groups in total. The van der Waals surface area contributed by atoms with Gasteiger partial charge >= 0.3 is 0 Å². The van der Waals surface area contributed by atoms with Gasteiger partial charge in [-0.25, -0.2) is 21.6 Å². The minimum atomic E-state index is -3.74. The van der Waals surface area contributed by atoms with Crippen molar-refractivity contribution in [3.05, 3.63) is 59.4 Å². The number of fused-ring (bicyclic) bond motifs is 1. The highest BCUT2D eigenvalue weighted by Crippen LogP contribution is 2.30. The number of carbonyl (C=O) groups is 1. The van der Waals surface area contributed by atoms with E-state index in [1.165, 1.54) is 4.31 Å². The third-order valence-electron chi connectivity index (χ3n) is 4.08. The first kappa shape index (κ1) is 18.2. The summed E-state index contributed by atoms with van der Waals surface area (Å²) in [6.07, 6.45) is 0.140. The fourth-order valence-electron chi connectivity index (χ4n) is 2.76. The van der Waals surface area contributed by atoms with Crippen LogP contribution in [0.3, 0.4) is 0 Å². The number of carbonyl (C=O) groups excluding carboxylic acids is 1. The summed E-state index contributed by atoms with van der Waals surface area (Å²) >= 11 is 0. The van der Waals surface area contributed by atoms with Crippen LogP contribution in [0.1, 0.15) is 12.0 Å². The third-order valence-corrected chi connectivity index (χ3v) is 5.85. The van der Waals surface area contributed by atoms with Gasteiger partial charge in [-0.3, -0.25) is 9.10 Å². The standard InChI is InChI=1S/C17H15F3N2O3S/c18-12-5-6-13(17(20)16(12)19)21-15(23)8-10-26(24,25)22-9-7-11-3-1-2-4-14(11)22/h1-6H,7-10H2,(H,21,23). The number of amides is 1. The van der Waals surface area contributed by atoms with Gasteiger partial charge in [0.15, 0.2) is 17.5 Å². The van der Waals surface area contributed by atoms with Gasteiger partial charge in [-0.05, 0) is 30.2 Å². The molecular weight excluding hydrogens is 369 g/mol. The van der Waals surface area contributed by atoms with Gasteiger partial charge in [0, 0.05) is 13.0 Å². The van der Waals surface area contributed by atoms with Crippen molar-refractivity contribution in [2.45, 2.75) is 12.8 Å². The Labute approximate surface area is 148 Å². The largest absolute Gasteiger partial charge is 0.323 e. The second kappa shape index (κ2) is 6.99. The molecule has 0 atom stereocenters. The molecule has 3 rings (SSSR count). The van der Waals surface area contributed by atoms with Gasteiger partial charge in [0.2, 0.25) is 15.9 Å². The summed E-state index contributed by atoms with van der Waals surface area (Å²) in [7, 11) is -3.74. The zero-order valence-electron chi connectivity index (χ0n) is 13.5. The molecule has 1 aliphatic heterocycles. The number of rotatable bonds is 5. The topological polar surface area (TPSA) is 66.5 Å². The third kappa shape index (κ3) is 3.52. The van der Waals surface area contributed by atoms with Crippen LogP contribution < -0.4 is 9.62 Å². The van der Waals surface area contributed by atoms with E-state index >= 15 is 0 Å². The van der Waals surface area contributed by atoms with E-state index in [4.69, 9.17) is 0 Å². The normalized spacial score (nSPS) is 13.6. The van der Waals surface area contributed by atoms with Crippen LogP contribution in [0.2, 0.25) is 0 Å². The van der Waals surface area contributed by atoms with Crippen LogP contribution in [-0.4, -0.2) is 26.6 Å². The molecule has 1 heterocycles. The SMILES string of the molecule is O=C(CCS(=O)(=O)N1CCc2ccccc21)Nc1ccc(F)c(F)c1F. The molecule has 2 aromatic rings. The number of nitrogens with one attached hydrogen (secondary N) is 1. The number of halogens is 3. The van der Waals surface area contributed by atoms with Gasteiger partial charge in [0.25, 0.3) is 0 Å². The summed E-state index contributed by atoms with van der Waals surface area (Å²) < 4.78 is 65.8. The number of anilines is 2. The predicted molar refractivity (Wildman–Crippen MR) is 90.8 cm³/mol. The van der Waals surface area contributed by atoms with Gasteiger partial charge < -0.3 is 5.32 Å². The first-order valence-electron chi connectivity index (χ1n) is 7.81. The average molecular weight is 384 g/mol. The van der Waals surface area contributed by atoms with Gasteiger partial charge in [-0.2, -0.15) is 0 Å². The second-order valence-corrected chi connectivity index (χ2v) is 7.80. The molecule has 138 valence electrons. The van der Waals surface area contributed by atoms with Crippen molar-refractivity contribution in [2.24, 2.45) is 0 Å². The zero-order chi connectivity index (χ0) is 18.9. The molecule has 0 bridgehead atoms. The molecule has 0 fully saturated rings. The van der Waals surface area contributed by atoms with Crippen molar-refractivity contribution in [2.75, 3.05) is 21.9 Å². The summed E-state index contributed by atoms with van der Waals surface area (Å²) in [5, 5.41) is 2.06. The predicted octanol–water partition coefficient (Wildman–Crippen LogP) is 2.83. The average Bonchev–Trinajstić information content (AvgIpc) is 3.06. The second-order valence-electron chi connectivity index (χ2n) is 5.79. The maximum Gasteiger partial charge on any atom is 0.235 e. The van der Waals surface area contributed by atoms with E-state index in [9.17, 15) is 26.4 Å². The van der Waals surface area contributed by atoms with Gasteiger partial charge in [0.05, 0.1) is 17.1 Å². The maximum atomic E-state index is 13.6. The first-order valence-corrected chi connectivity index (χ1v) is 9.42. The molecule has 1 amide bonds. The molecule has 0 aliphatic carbocycles. The van der Waals surface area contributed by atoms with Crippen molar-refractivity contribution in [1.82, 2.24) is 0 Å². The minimum Gasteiger partial charge on any atom is -0.323 e. The van der Waals surface area contributed by atoms with Crippen molar-refractivity contribution in [1.29, 1.82) is 0 Å². The van der Waals surface area contributed by atoms with E-state index in [-0.39, 0.29) is 0 Å². The number of hydrogen-bond acceptors (Lipinski definition) is 3. The molecule has 0 unspecified atom stereocenters. The number of sulfonamides is 1. The van der Waals surface area contributed by atoms with Crippen molar-refractivity contribution in [3.8, 4) is 0 Å². The molecule has 1 aliphatic rings. The fraction of sp³-hybridized carbons (Fsp3) is 0.235. The summed E-state index contributed by atoms with van der Waals surface area (Å²) in [4.78, 5) is 11.9. The van der Waals surface area contributed by atoms with Gasteiger partial charge in [-0.1, -0.05) is 18.2 Å². The summed E-state index contributed by atoms with van der Waals surface area (Å²) in [6.45, 7) is 0.293. The Bertz CT molecular complexity index is 964. The van der Waals surface area contributed by atoms with Crippen LogP contribution >= 0.6 is 0 Å². The smallest absolute Gasteiger partial charge is 0.235 e. The van der Waals surface area contributed by atoms with E-state index < -0.39 is 51.2 Å². The van der Waals surface area contributed by atoms with E-state index in [1.807, 2.05) is 12.1 Å². The monoisotopic (exact) mass is 384 g/mol. The lowest BCUT2D eigenvalue weighted by molar-refractivity contribution is -0.115. The highest BCUT2D eigenvalue weighted by molar-refractivity contribution is 7.92. The molecule has 0 saturated heterocycles. The van der Waals surface area contributed by atoms with Crippen LogP contribution in [0, 0.1) is 17.5 Å². The van der Waals surface area contributed by atoms with Crippen molar-refractivity contribution < 1.29 is 26.4 Å². The highest BCUT2D eigenvalue weighted by Gasteiger charge is 2.29. The Hall–Kier alpha value is -2.55. The number of para-hydroxylation sites is 1. The fourth-order valence-corrected chi connectivity index (χ4v) is 4.27. The molecule has 0 saturated carbocycles. The van der Waals surface area contributed by atoms with Crippen LogP contribution in [-0.2, 0) is 21.2 Å². The lowest BCUT2D eigenvalue weighted by Crippen LogP contribution is -2.32. The molecule has 0 aromatic heterocycles. The van der Waals surface area contributed by atoms with E-state index in [2.05, 4.69) is 5.32 Å². The molecule has 0 spiro atoms. The lowest BCUT2D eigenvalue weighted by atomic mass is 10.2. The molecule has 2 aromatic carbocycles. The van der Waals surface area contributed by atoms with Gasteiger partial charge in [0.1, 0.15) is 0 Å². The minimum absolute atomic E-state index is 0.293. The first-order chi connectivity index (χ1) is 12.3. The van der Waals surface area contributed by atoms with Crippen LogP contribution in [0.4, 0.5) is 24.5 Å². The number of hydrogen-bond donors (Lipinski definition) is 1. The lowest BCUT2D eigenvalue weighted by Gasteiger charge is -2.19. The van der Waals surface area contributed by atoms with E-state index in [0.717, 1.165) is 11.6 Å². The highest BCUT2D eigenvalue weighted by atomic mass is 32.2. The maximum absolute atomic E-state index is 13.6. The summed E-state index contributed by atoms with van der Waals surface area (Å²) in [5.41, 5.74) is 0.946. The molecule has 0 radical (unpaired) electrons. The van der Waals surface area contributed by atoms with E-state index in [0.29, 0.717) is 24.7 Å². The number of nitrogens with zero attached hydrogens (tertiary/aromatic N) is 1. The Balaban J connectivity index is 1.65. The molecule has 5 nitrogen and oxygen atoms in total. The zero-order valence-corrected chi connectivity index (χ0v) is 14.3. The van der Waals surface area contributed by atoms with Crippen LogP contribution in [0.25, 0.3) is 0 Å². The number of benzene rings is 2. The Morgan fingerprint density at radius 3 is 2.58 bits per heavy atom. The Kier molecular flexibility index (Phi) is 4.90. The van der Waals surface area contributed by atoms with Crippen LogP contribution in [0.5, 0.6) is 0 Å². The summed E-state index contributed by atoms with van der Waals surface area (Å²) in [6, 6.07) is 8.62. The summed E-state index contributed by atoms with van der Waals surface area (Å²) in [5.74, 6) is -5.92. The van der Waals surface area contributed by atoms with Crippen molar-refractivity contribution >= 4 is 27.3 Å². The van der Waals surface area contributed by atoms with E-state index in [1.54, 1.807) is 12.1 Å². The Morgan fingerprint density at radius 1 is 1.08 bits per heavy atom. The molecule has 26 heavy (non-hydrogen) atoms. The van der Waals surface area contributed by atoms with Crippen molar-refractivity contribution in [3.63, 3.8) is 0 Å². The quantitative estimate of drug-likeness (QED) is 0.807. The molecule has 9 heteroatoms. The Morgan fingerprint density at radius 2 is 1.81 bits per heavy atom. The van der Waals surface area contributed by atoms with Gasteiger partial charge in [-0.15, -0.1) is 0 Å².